The summed E-state index contributed by atoms with van der Waals surface area (Å²) in [5.74, 6) is -0.367. The van der Waals surface area contributed by atoms with E-state index >= 15 is 0 Å². The Morgan fingerprint density at radius 2 is 2.06 bits per heavy atom. The van der Waals surface area contributed by atoms with Crippen LogP contribution in [0.5, 0.6) is 5.75 Å². The molecule has 3 nitrogen and oxygen atoms in total. The van der Waals surface area contributed by atoms with Gasteiger partial charge in [0.2, 0.25) is 0 Å². The maximum absolute atomic E-state index is 12.0. The van der Waals surface area contributed by atoms with E-state index in [1.807, 2.05) is 0 Å². The van der Waals surface area contributed by atoms with Crippen molar-refractivity contribution in [3.05, 3.63) is 29.4 Å². The number of nitrogens with two attached hydrogens (primary N) is 1. The van der Waals surface area contributed by atoms with E-state index in [-0.39, 0.29) is 10.8 Å². The molecule has 2 N–H and O–H groups in total. The molecule has 96 valence electrons. The largest absolute Gasteiger partial charge is 0.573 e. The smallest absolute Gasteiger partial charge is 0.406 e. The highest BCUT2D eigenvalue weighted by Crippen LogP contribution is 2.36. The summed E-state index contributed by atoms with van der Waals surface area (Å²) < 4.78 is 39.8. The van der Waals surface area contributed by atoms with Gasteiger partial charge in [-0.25, -0.2) is 4.98 Å². The molecule has 1 aromatic heterocycles. The number of aromatic nitrogens is 1. The zero-order chi connectivity index (χ0) is 13.3. The molecule has 8 heteroatoms. The van der Waals surface area contributed by atoms with Crippen LogP contribution in [0.4, 0.5) is 18.3 Å². The van der Waals surface area contributed by atoms with Gasteiger partial charge in [-0.15, -0.1) is 13.2 Å². The van der Waals surface area contributed by atoms with Gasteiger partial charge in [-0.2, -0.15) is 0 Å². The summed E-state index contributed by atoms with van der Waals surface area (Å²) in [5.41, 5.74) is 6.03. The number of alkyl halides is 3. The maximum Gasteiger partial charge on any atom is 0.573 e. The van der Waals surface area contributed by atoms with Gasteiger partial charge in [0.25, 0.3) is 0 Å². The average Bonchev–Trinajstić information content (AvgIpc) is 2.62. The van der Waals surface area contributed by atoms with Crippen LogP contribution in [-0.2, 0) is 0 Å². The van der Waals surface area contributed by atoms with Gasteiger partial charge in [0.05, 0.1) is 9.90 Å². The molecule has 1 aromatic carbocycles. The molecule has 0 saturated heterocycles. The van der Waals surface area contributed by atoms with Crippen molar-refractivity contribution in [3.63, 3.8) is 0 Å². The van der Waals surface area contributed by atoms with Crippen LogP contribution in [0, 0.1) is 0 Å². The number of nitrogens with zero attached hydrogens (tertiary/aromatic N) is 1. The summed E-state index contributed by atoms with van der Waals surface area (Å²) in [6.45, 7) is 0. The summed E-state index contributed by atoms with van der Waals surface area (Å²) >= 11 is 7.09. The molecule has 0 radical (unpaired) electrons. The molecule has 0 aliphatic heterocycles. The van der Waals surface area contributed by atoms with Crippen LogP contribution in [0.15, 0.2) is 24.4 Å². The molecule has 2 rings (SSSR count). The number of benzene rings is 1. The Balaban J connectivity index is 2.31. The van der Waals surface area contributed by atoms with Crippen LogP contribution < -0.4 is 10.5 Å². The SMILES string of the molecule is Nc1ncc(-c2ccc(OC(F)(F)F)cc2Cl)s1. The van der Waals surface area contributed by atoms with Crippen LogP contribution >= 0.6 is 22.9 Å². The van der Waals surface area contributed by atoms with Crippen molar-refractivity contribution in [2.75, 3.05) is 5.73 Å². The molecule has 0 saturated carbocycles. The number of anilines is 1. The van der Waals surface area contributed by atoms with Gasteiger partial charge >= 0.3 is 6.36 Å². The summed E-state index contributed by atoms with van der Waals surface area (Å²) in [5, 5.41) is 0.497. The first-order valence-corrected chi connectivity index (χ1v) is 5.81. The Bertz CT molecular complexity index is 570. The van der Waals surface area contributed by atoms with E-state index in [0.29, 0.717) is 15.6 Å². The van der Waals surface area contributed by atoms with Gasteiger partial charge in [-0.05, 0) is 18.2 Å². The molecular weight excluding hydrogens is 289 g/mol. The zero-order valence-electron chi connectivity index (χ0n) is 8.66. The van der Waals surface area contributed by atoms with Crippen LogP contribution in [-0.4, -0.2) is 11.3 Å². The standard InChI is InChI=1S/C10H6ClF3N2OS/c11-7-3-5(17-10(12,13)14)1-2-6(7)8-4-16-9(15)18-8/h1-4H,(H2,15,16). The predicted molar refractivity (Wildman–Crippen MR) is 63.7 cm³/mol. The molecule has 0 aliphatic rings. The lowest BCUT2D eigenvalue weighted by Gasteiger charge is -2.10. The Morgan fingerprint density at radius 1 is 1.33 bits per heavy atom. The first-order valence-electron chi connectivity index (χ1n) is 4.62. The minimum atomic E-state index is -4.74. The predicted octanol–water partition coefficient (Wildman–Crippen LogP) is 3.94. The molecule has 0 fully saturated rings. The van der Waals surface area contributed by atoms with Crippen molar-refractivity contribution in [2.45, 2.75) is 6.36 Å². The monoisotopic (exact) mass is 294 g/mol. The lowest BCUT2D eigenvalue weighted by molar-refractivity contribution is -0.274. The van der Waals surface area contributed by atoms with E-state index in [0.717, 1.165) is 6.07 Å². The lowest BCUT2D eigenvalue weighted by Crippen LogP contribution is -2.17. The third kappa shape index (κ3) is 3.05. The van der Waals surface area contributed by atoms with E-state index in [2.05, 4.69) is 9.72 Å². The highest BCUT2D eigenvalue weighted by molar-refractivity contribution is 7.18. The summed E-state index contributed by atoms with van der Waals surface area (Å²) in [4.78, 5) is 4.52. The highest BCUT2D eigenvalue weighted by atomic mass is 35.5. The van der Waals surface area contributed by atoms with E-state index in [1.165, 1.54) is 29.7 Å². The van der Waals surface area contributed by atoms with Crippen molar-refractivity contribution in [1.29, 1.82) is 0 Å². The molecule has 0 aliphatic carbocycles. The van der Waals surface area contributed by atoms with Crippen LogP contribution in [0.2, 0.25) is 5.02 Å². The number of hydrogen-bond acceptors (Lipinski definition) is 4. The Kier molecular flexibility index (Phi) is 3.36. The third-order valence-corrected chi connectivity index (χ3v) is 3.14. The minimum absolute atomic E-state index is 0.139. The second kappa shape index (κ2) is 4.66. The second-order valence-electron chi connectivity index (χ2n) is 3.25. The Hall–Kier alpha value is -1.47. The number of rotatable bonds is 2. The zero-order valence-corrected chi connectivity index (χ0v) is 10.2. The van der Waals surface area contributed by atoms with Gasteiger partial charge in [0.15, 0.2) is 5.13 Å². The van der Waals surface area contributed by atoms with E-state index in [1.54, 1.807) is 0 Å². The number of ether oxygens (including phenoxy) is 1. The van der Waals surface area contributed by atoms with Crippen LogP contribution in [0.3, 0.4) is 0 Å². The topological polar surface area (TPSA) is 48.1 Å². The second-order valence-corrected chi connectivity index (χ2v) is 4.72. The fourth-order valence-corrected chi connectivity index (χ4v) is 2.36. The number of halogens is 4. The third-order valence-electron chi connectivity index (χ3n) is 1.96. The highest BCUT2D eigenvalue weighted by Gasteiger charge is 2.31. The van der Waals surface area contributed by atoms with Gasteiger partial charge in [-0.3, -0.25) is 0 Å². The van der Waals surface area contributed by atoms with E-state index < -0.39 is 6.36 Å². The van der Waals surface area contributed by atoms with E-state index in [9.17, 15) is 13.2 Å². The van der Waals surface area contributed by atoms with E-state index in [4.69, 9.17) is 17.3 Å². The van der Waals surface area contributed by atoms with Crippen molar-refractivity contribution in [1.82, 2.24) is 4.98 Å². The number of nitrogen functional groups attached to an aromatic ring is 1. The van der Waals surface area contributed by atoms with Crippen molar-refractivity contribution < 1.29 is 17.9 Å². The van der Waals surface area contributed by atoms with Crippen LogP contribution in [0.1, 0.15) is 0 Å². The van der Waals surface area contributed by atoms with Gasteiger partial charge < -0.3 is 10.5 Å². The minimum Gasteiger partial charge on any atom is -0.406 e. The molecule has 18 heavy (non-hydrogen) atoms. The average molecular weight is 295 g/mol. The lowest BCUT2D eigenvalue weighted by atomic mass is 10.2. The first-order chi connectivity index (χ1) is 8.35. The maximum atomic E-state index is 12.0. The fraction of sp³-hybridized carbons (Fsp3) is 0.100. The van der Waals surface area contributed by atoms with Crippen molar-refractivity contribution in [2.24, 2.45) is 0 Å². The molecule has 2 aromatic rings. The number of hydrogen-bond donors (Lipinski definition) is 1. The van der Waals surface area contributed by atoms with Crippen molar-refractivity contribution >= 4 is 28.1 Å². The fourth-order valence-electron chi connectivity index (χ4n) is 1.30. The van der Waals surface area contributed by atoms with Crippen LogP contribution in [0.25, 0.3) is 10.4 Å². The molecule has 0 bridgehead atoms. The quantitative estimate of drug-likeness (QED) is 0.912. The molecule has 0 amide bonds. The molecule has 0 unspecified atom stereocenters. The summed E-state index contributed by atoms with van der Waals surface area (Å²) in [7, 11) is 0. The normalized spacial score (nSPS) is 11.6. The summed E-state index contributed by atoms with van der Waals surface area (Å²) in [6.07, 6.45) is -3.23. The first kappa shape index (κ1) is 13.0. The summed E-state index contributed by atoms with van der Waals surface area (Å²) in [6, 6.07) is 3.71. The van der Waals surface area contributed by atoms with Gasteiger partial charge in [0.1, 0.15) is 5.75 Å². The Labute approximate surface area is 109 Å². The Morgan fingerprint density at radius 3 is 2.56 bits per heavy atom. The number of thiazole rings is 1. The molecular formula is C10H6ClF3N2OS. The molecule has 1 heterocycles. The van der Waals surface area contributed by atoms with Crippen molar-refractivity contribution in [3.8, 4) is 16.2 Å². The van der Waals surface area contributed by atoms with Gasteiger partial charge in [0, 0.05) is 11.8 Å². The molecule has 0 atom stereocenters. The van der Waals surface area contributed by atoms with Gasteiger partial charge in [-0.1, -0.05) is 22.9 Å². The molecule has 0 spiro atoms.